The minimum absolute atomic E-state index is 0.175. The summed E-state index contributed by atoms with van der Waals surface area (Å²) in [6.07, 6.45) is 1.08. The maximum absolute atomic E-state index is 12.4. The summed E-state index contributed by atoms with van der Waals surface area (Å²) in [5.41, 5.74) is 3.83. The van der Waals surface area contributed by atoms with E-state index in [1.165, 1.54) is 11.3 Å². The molecule has 0 saturated heterocycles. The number of rotatable bonds is 7. The van der Waals surface area contributed by atoms with Gasteiger partial charge in [-0.2, -0.15) is 5.10 Å². The zero-order valence-electron chi connectivity index (χ0n) is 15.0. The number of thioether (sulfide) groups is 1. The van der Waals surface area contributed by atoms with E-state index in [1.807, 2.05) is 42.8 Å². The minimum Gasteiger partial charge on any atom is -0.296 e. The van der Waals surface area contributed by atoms with Crippen LogP contribution >= 0.6 is 23.1 Å². The SMILES string of the molecule is CCCSc1nnc(NC(=O)c2ccc(Cn3nc(C)cc3C)cc2)s1. The van der Waals surface area contributed by atoms with Crippen LogP contribution in [0.25, 0.3) is 0 Å². The molecular formula is C18H21N5OS2. The molecule has 0 fully saturated rings. The Bertz CT molecular complexity index is 885. The smallest absolute Gasteiger partial charge is 0.257 e. The topological polar surface area (TPSA) is 72.7 Å². The van der Waals surface area contributed by atoms with Gasteiger partial charge in [0, 0.05) is 17.0 Å². The minimum atomic E-state index is -0.175. The van der Waals surface area contributed by atoms with E-state index in [2.05, 4.69) is 33.6 Å². The molecule has 136 valence electrons. The number of carbonyl (C=O) groups is 1. The van der Waals surface area contributed by atoms with Crippen LogP contribution in [0.5, 0.6) is 0 Å². The second-order valence-electron chi connectivity index (χ2n) is 5.96. The zero-order valence-corrected chi connectivity index (χ0v) is 16.7. The van der Waals surface area contributed by atoms with Gasteiger partial charge in [-0.25, -0.2) is 0 Å². The Morgan fingerprint density at radius 1 is 1.23 bits per heavy atom. The molecule has 0 saturated carbocycles. The molecule has 0 radical (unpaired) electrons. The third-order valence-electron chi connectivity index (χ3n) is 3.71. The average molecular weight is 388 g/mol. The lowest BCUT2D eigenvalue weighted by atomic mass is 10.1. The second-order valence-corrected chi connectivity index (χ2v) is 8.28. The Kier molecular flexibility index (Phi) is 6.05. The van der Waals surface area contributed by atoms with Crippen molar-refractivity contribution >= 4 is 34.1 Å². The van der Waals surface area contributed by atoms with Gasteiger partial charge in [0.15, 0.2) is 4.34 Å². The predicted octanol–water partition coefficient (Wildman–Crippen LogP) is 4.15. The maximum atomic E-state index is 12.4. The third-order valence-corrected chi connectivity index (χ3v) is 5.89. The van der Waals surface area contributed by atoms with Crippen LogP contribution < -0.4 is 5.32 Å². The van der Waals surface area contributed by atoms with E-state index < -0.39 is 0 Å². The highest BCUT2D eigenvalue weighted by molar-refractivity contribution is 8.01. The van der Waals surface area contributed by atoms with Gasteiger partial charge in [0.05, 0.1) is 12.2 Å². The highest BCUT2D eigenvalue weighted by Crippen LogP contribution is 2.26. The van der Waals surface area contributed by atoms with E-state index in [-0.39, 0.29) is 5.91 Å². The van der Waals surface area contributed by atoms with Crippen LogP contribution in [0, 0.1) is 13.8 Å². The Hall–Kier alpha value is -2.19. The van der Waals surface area contributed by atoms with Crippen molar-refractivity contribution in [3.63, 3.8) is 0 Å². The molecule has 1 amide bonds. The fourth-order valence-corrected chi connectivity index (χ4v) is 4.12. The molecule has 26 heavy (non-hydrogen) atoms. The Labute approximate surface area is 161 Å². The van der Waals surface area contributed by atoms with Crippen molar-refractivity contribution < 1.29 is 4.79 Å². The summed E-state index contributed by atoms with van der Waals surface area (Å²) in [6, 6.07) is 9.60. The van der Waals surface area contributed by atoms with E-state index in [1.54, 1.807) is 11.8 Å². The summed E-state index contributed by atoms with van der Waals surface area (Å²) < 4.78 is 2.84. The summed E-state index contributed by atoms with van der Waals surface area (Å²) in [6.45, 7) is 6.83. The molecule has 0 atom stereocenters. The van der Waals surface area contributed by atoms with Crippen LogP contribution in [-0.4, -0.2) is 31.6 Å². The molecule has 0 aliphatic rings. The number of aromatic nitrogens is 4. The number of amides is 1. The van der Waals surface area contributed by atoms with E-state index in [0.29, 0.717) is 17.2 Å². The van der Waals surface area contributed by atoms with Gasteiger partial charge in [-0.15, -0.1) is 10.2 Å². The van der Waals surface area contributed by atoms with Crippen molar-refractivity contribution in [2.45, 2.75) is 38.1 Å². The van der Waals surface area contributed by atoms with Crippen molar-refractivity contribution in [2.75, 3.05) is 11.1 Å². The van der Waals surface area contributed by atoms with Gasteiger partial charge in [-0.05, 0) is 44.0 Å². The van der Waals surface area contributed by atoms with Crippen LogP contribution in [0.1, 0.15) is 40.7 Å². The molecule has 2 aromatic heterocycles. The van der Waals surface area contributed by atoms with Gasteiger partial charge in [-0.1, -0.05) is 42.2 Å². The molecule has 0 spiro atoms. The van der Waals surface area contributed by atoms with Gasteiger partial charge in [0.1, 0.15) is 0 Å². The number of hydrogen-bond acceptors (Lipinski definition) is 6. The quantitative estimate of drug-likeness (QED) is 0.487. The first-order valence-electron chi connectivity index (χ1n) is 8.43. The van der Waals surface area contributed by atoms with Gasteiger partial charge >= 0.3 is 0 Å². The standard InChI is InChI=1S/C18H21N5OS2/c1-4-9-25-18-21-20-17(26-18)19-16(24)15-7-5-14(6-8-15)11-23-13(3)10-12(2)22-23/h5-8,10H,4,9,11H2,1-3H3,(H,19,20,24). The molecule has 3 rings (SSSR count). The highest BCUT2D eigenvalue weighted by atomic mass is 32.2. The molecule has 1 N–H and O–H groups in total. The Morgan fingerprint density at radius 3 is 2.65 bits per heavy atom. The second kappa shape index (κ2) is 8.46. The number of benzene rings is 1. The number of hydrogen-bond donors (Lipinski definition) is 1. The van der Waals surface area contributed by atoms with E-state index >= 15 is 0 Å². The predicted molar refractivity (Wildman–Crippen MR) is 106 cm³/mol. The molecule has 0 aliphatic heterocycles. The fourth-order valence-electron chi connectivity index (χ4n) is 2.45. The summed E-state index contributed by atoms with van der Waals surface area (Å²) in [5, 5.41) is 15.9. The first-order chi connectivity index (χ1) is 12.5. The third kappa shape index (κ3) is 4.70. The fraction of sp³-hybridized carbons (Fsp3) is 0.333. The van der Waals surface area contributed by atoms with Crippen LogP contribution in [0.2, 0.25) is 0 Å². The largest absolute Gasteiger partial charge is 0.296 e. The van der Waals surface area contributed by atoms with Crippen LogP contribution in [0.4, 0.5) is 5.13 Å². The number of aryl methyl sites for hydroxylation is 2. The van der Waals surface area contributed by atoms with Crippen LogP contribution in [0.3, 0.4) is 0 Å². The summed E-state index contributed by atoms with van der Waals surface area (Å²) in [7, 11) is 0. The van der Waals surface area contributed by atoms with E-state index in [9.17, 15) is 4.79 Å². The van der Waals surface area contributed by atoms with Crippen molar-refractivity contribution in [3.05, 3.63) is 52.8 Å². The van der Waals surface area contributed by atoms with Crippen LogP contribution in [-0.2, 0) is 6.54 Å². The Balaban J connectivity index is 1.61. The summed E-state index contributed by atoms with van der Waals surface area (Å²) in [5.74, 6) is 0.824. The lowest BCUT2D eigenvalue weighted by Gasteiger charge is -2.06. The first kappa shape index (κ1) is 18.6. The molecular weight excluding hydrogens is 366 g/mol. The number of nitrogens with zero attached hydrogens (tertiary/aromatic N) is 4. The molecule has 0 aliphatic carbocycles. The van der Waals surface area contributed by atoms with Crippen molar-refractivity contribution in [3.8, 4) is 0 Å². The normalized spacial score (nSPS) is 10.9. The number of anilines is 1. The number of nitrogens with one attached hydrogen (secondary N) is 1. The van der Waals surface area contributed by atoms with Crippen LogP contribution in [0.15, 0.2) is 34.7 Å². The molecule has 8 heteroatoms. The van der Waals surface area contributed by atoms with E-state index in [4.69, 9.17) is 0 Å². The molecule has 1 aromatic carbocycles. The van der Waals surface area contributed by atoms with Crippen molar-refractivity contribution in [1.82, 2.24) is 20.0 Å². The molecule has 2 heterocycles. The maximum Gasteiger partial charge on any atom is 0.257 e. The average Bonchev–Trinajstić information content (AvgIpc) is 3.19. The van der Waals surface area contributed by atoms with Gasteiger partial charge in [-0.3, -0.25) is 14.8 Å². The number of carbonyl (C=O) groups excluding carboxylic acids is 1. The molecule has 3 aromatic rings. The first-order valence-corrected chi connectivity index (χ1v) is 10.2. The van der Waals surface area contributed by atoms with E-state index in [0.717, 1.165) is 33.5 Å². The monoisotopic (exact) mass is 387 g/mol. The Morgan fingerprint density at radius 2 is 2.00 bits per heavy atom. The highest BCUT2D eigenvalue weighted by Gasteiger charge is 2.11. The lowest BCUT2D eigenvalue weighted by molar-refractivity contribution is 0.102. The lowest BCUT2D eigenvalue weighted by Crippen LogP contribution is -2.12. The van der Waals surface area contributed by atoms with Gasteiger partial charge < -0.3 is 0 Å². The molecule has 6 nitrogen and oxygen atoms in total. The molecule has 0 bridgehead atoms. The van der Waals surface area contributed by atoms with Gasteiger partial charge in [0.25, 0.3) is 5.91 Å². The summed E-state index contributed by atoms with van der Waals surface area (Å²) >= 11 is 3.06. The zero-order chi connectivity index (χ0) is 18.5. The van der Waals surface area contributed by atoms with Crippen molar-refractivity contribution in [1.29, 1.82) is 0 Å². The summed E-state index contributed by atoms with van der Waals surface area (Å²) in [4.78, 5) is 12.4. The van der Waals surface area contributed by atoms with Gasteiger partial charge in [0.2, 0.25) is 5.13 Å². The van der Waals surface area contributed by atoms with Crippen molar-refractivity contribution in [2.24, 2.45) is 0 Å². The molecule has 0 unspecified atom stereocenters.